The Morgan fingerprint density at radius 3 is 2.24 bits per heavy atom. The number of benzene rings is 3. The van der Waals surface area contributed by atoms with E-state index in [1.165, 1.54) is 4.90 Å². The van der Waals surface area contributed by atoms with Crippen molar-refractivity contribution in [3.05, 3.63) is 101 Å². The Morgan fingerprint density at radius 1 is 0.818 bits per heavy atom. The van der Waals surface area contributed by atoms with Gasteiger partial charge in [0.15, 0.2) is 5.78 Å². The summed E-state index contributed by atoms with van der Waals surface area (Å²) in [5.74, 6) is -2.31. The highest BCUT2D eigenvalue weighted by Crippen LogP contribution is 2.53. The van der Waals surface area contributed by atoms with Crippen LogP contribution in [0.4, 0.5) is 5.69 Å². The zero-order valence-electron chi connectivity index (χ0n) is 18.0. The number of aryl methyl sites for hydroxylation is 1. The van der Waals surface area contributed by atoms with Crippen molar-refractivity contribution in [2.24, 2.45) is 16.9 Å². The van der Waals surface area contributed by atoms with Gasteiger partial charge in [-0.2, -0.15) is 5.10 Å². The summed E-state index contributed by atoms with van der Waals surface area (Å²) in [5, 5.41) is 6.28. The lowest BCUT2D eigenvalue weighted by Gasteiger charge is -2.33. The molecule has 6 rings (SSSR count). The Hall–Kier alpha value is -4.06. The van der Waals surface area contributed by atoms with E-state index in [-0.39, 0.29) is 17.6 Å². The van der Waals surface area contributed by atoms with Gasteiger partial charge in [0.2, 0.25) is 11.8 Å². The number of hydrogen-bond donors (Lipinski definition) is 0. The maximum atomic E-state index is 13.8. The maximum absolute atomic E-state index is 13.8. The van der Waals surface area contributed by atoms with Crippen molar-refractivity contribution in [1.82, 2.24) is 5.01 Å². The van der Waals surface area contributed by atoms with Crippen LogP contribution in [-0.4, -0.2) is 34.9 Å². The number of nitrogens with zero attached hydrogens (tertiary/aromatic N) is 3. The molecular weight excluding hydrogens is 414 g/mol. The molecule has 0 aliphatic carbocycles. The minimum atomic E-state index is -0.848. The number of carbonyl (C=O) groups excluding carboxylic acids is 3. The molecule has 0 N–H and O–H groups in total. The molecule has 0 spiro atoms. The minimum absolute atomic E-state index is 0.198. The van der Waals surface area contributed by atoms with Gasteiger partial charge in [-0.3, -0.25) is 19.4 Å². The molecule has 0 bridgehead atoms. The molecule has 2 saturated heterocycles. The molecule has 0 saturated carbocycles. The highest BCUT2D eigenvalue weighted by Gasteiger charge is 2.65. The van der Waals surface area contributed by atoms with Gasteiger partial charge in [0.1, 0.15) is 6.04 Å². The van der Waals surface area contributed by atoms with Crippen LogP contribution in [0, 0.1) is 18.8 Å². The van der Waals surface area contributed by atoms with E-state index in [9.17, 15) is 14.4 Å². The van der Waals surface area contributed by atoms with E-state index in [1.54, 1.807) is 47.6 Å². The molecule has 162 valence electrons. The normalized spacial score (nSPS) is 25.1. The molecule has 3 aromatic carbocycles. The molecule has 6 heteroatoms. The molecule has 0 aromatic heterocycles. The summed E-state index contributed by atoms with van der Waals surface area (Å²) in [6.07, 6.45) is 1.71. The van der Waals surface area contributed by atoms with Crippen molar-refractivity contribution in [3.63, 3.8) is 0 Å². The van der Waals surface area contributed by atoms with E-state index in [0.29, 0.717) is 11.3 Å². The Morgan fingerprint density at radius 2 is 1.48 bits per heavy atom. The number of rotatable bonds is 3. The van der Waals surface area contributed by atoms with Crippen LogP contribution >= 0.6 is 0 Å². The molecule has 33 heavy (non-hydrogen) atoms. The first kappa shape index (κ1) is 19.6. The van der Waals surface area contributed by atoms with Gasteiger partial charge in [-0.25, -0.2) is 4.90 Å². The number of amides is 2. The highest BCUT2D eigenvalue weighted by atomic mass is 16.2. The maximum Gasteiger partial charge on any atom is 0.240 e. The van der Waals surface area contributed by atoms with Gasteiger partial charge in [-0.05, 0) is 30.2 Å². The average molecular weight is 435 g/mol. The average Bonchev–Trinajstić information content (AvgIpc) is 3.32. The Labute approximate surface area is 191 Å². The van der Waals surface area contributed by atoms with Crippen molar-refractivity contribution in [1.29, 1.82) is 0 Å². The Balaban J connectivity index is 1.50. The number of ketones is 1. The number of hydrazone groups is 1. The van der Waals surface area contributed by atoms with E-state index in [1.807, 2.05) is 49.4 Å². The lowest BCUT2D eigenvalue weighted by molar-refractivity contribution is -0.124. The first-order valence-electron chi connectivity index (χ1n) is 11.0. The van der Waals surface area contributed by atoms with Crippen LogP contribution in [0.2, 0.25) is 0 Å². The van der Waals surface area contributed by atoms with Crippen molar-refractivity contribution in [3.8, 4) is 0 Å². The fraction of sp³-hybridized carbons (Fsp3) is 0.185. The molecule has 2 fully saturated rings. The smallest absolute Gasteiger partial charge is 0.240 e. The van der Waals surface area contributed by atoms with Crippen molar-refractivity contribution in [2.75, 3.05) is 4.90 Å². The SMILES string of the molecule is Cc1ccc(N2C(=O)[C@@H]3[C@@H](C2=O)[C@@H]2c4ccccc4C=NN2[C@@H]3C(=O)c2ccccc2)cc1. The summed E-state index contributed by atoms with van der Waals surface area (Å²) >= 11 is 0. The second-order valence-electron chi connectivity index (χ2n) is 8.77. The molecule has 0 radical (unpaired) electrons. The van der Waals surface area contributed by atoms with Gasteiger partial charge in [0.25, 0.3) is 0 Å². The predicted molar refractivity (Wildman–Crippen MR) is 124 cm³/mol. The summed E-state index contributed by atoms with van der Waals surface area (Å²) in [6.45, 7) is 1.95. The molecular formula is C27H21N3O3. The van der Waals surface area contributed by atoms with Crippen LogP contribution < -0.4 is 4.90 Å². The standard InChI is InChI=1S/C27H21N3O3/c1-16-11-13-19(14-12-16)29-26(32)21-22(27(29)33)24(25(31)17-7-3-2-4-8-17)30-23(21)20-10-6-5-9-18(20)15-28-30/h2-15,21-24H,1H3/t21-,22-,23+,24+/m1/s1. The number of hydrogen-bond acceptors (Lipinski definition) is 5. The Bertz CT molecular complexity index is 1320. The largest absolute Gasteiger partial charge is 0.292 e. The number of imide groups is 1. The van der Waals surface area contributed by atoms with Gasteiger partial charge >= 0.3 is 0 Å². The molecule has 4 atom stereocenters. The van der Waals surface area contributed by atoms with Crippen LogP contribution in [0.3, 0.4) is 0 Å². The molecule has 2 amide bonds. The van der Waals surface area contributed by atoms with E-state index < -0.39 is 23.9 Å². The second-order valence-corrected chi connectivity index (χ2v) is 8.77. The van der Waals surface area contributed by atoms with Gasteiger partial charge in [-0.15, -0.1) is 0 Å². The predicted octanol–water partition coefficient (Wildman–Crippen LogP) is 3.76. The molecule has 0 unspecified atom stereocenters. The third-order valence-electron chi connectivity index (χ3n) is 6.91. The van der Waals surface area contributed by atoms with Crippen LogP contribution in [0.1, 0.15) is 33.1 Å². The first-order valence-corrected chi connectivity index (χ1v) is 11.0. The van der Waals surface area contributed by atoms with Gasteiger partial charge in [0, 0.05) is 5.56 Å². The molecule has 3 aliphatic rings. The van der Waals surface area contributed by atoms with Crippen LogP contribution in [-0.2, 0) is 9.59 Å². The summed E-state index contributed by atoms with van der Waals surface area (Å²) in [6, 6.07) is 22.6. The lowest BCUT2D eigenvalue weighted by atomic mass is 9.83. The molecule has 3 aromatic rings. The zero-order valence-corrected chi connectivity index (χ0v) is 18.0. The van der Waals surface area contributed by atoms with Gasteiger partial charge in [-0.1, -0.05) is 72.3 Å². The fourth-order valence-electron chi connectivity index (χ4n) is 5.39. The third-order valence-corrected chi connectivity index (χ3v) is 6.91. The summed E-state index contributed by atoms with van der Waals surface area (Å²) in [4.78, 5) is 42.5. The van der Waals surface area contributed by atoms with Crippen LogP contribution in [0.5, 0.6) is 0 Å². The van der Waals surface area contributed by atoms with Crippen molar-refractivity contribution < 1.29 is 14.4 Å². The molecule has 3 heterocycles. The number of carbonyl (C=O) groups is 3. The summed E-state index contributed by atoms with van der Waals surface area (Å²) < 4.78 is 0. The summed E-state index contributed by atoms with van der Waals surface area (Å²) in [7, 11) is 0. The first-order chi connectivity index (χ1) is 16.1. The number of Topliss-reactive ketones (excluding diaryl/α,β-unsaturated/α-hetero) is 1. The number of fused-ring (bicyclic) bond motifs is 5. The van der Waals surface area contributed by atoms with E-state index in [0.717, 1.165) is 16.7 Å². The minimum Gasteiger partial charge on any atom is -0.292 e. The Kier molecular flexibility index (Phi) is 4.30. The quantitative estimate of drug-likeness (QED) is 0.464. The van der Waals surface area contributed by atoms with E-state index >= 15 is 0 Å². The highest BCUT2D eigenvalue weighted by molar-refractivity contribution is 6.24. The van der Waals surface area contributed by atoms with Crippen LogP contribution in [0.15, 0.2) is 84.0 Å². The van der Waals surface area contributed by atoms with Crippen LogP contribution in [0.25, 0.3) is 0 Å². The summed E-state index contributed by atoms with van der Waals surface area (Å²) in [5.41, 5.74) is 3.90. The molecule has 6 nitrogen and oxygen atoms in total. The third kappa shape index (κ3) is 2.80. The van der Waals surface area contributed by atoms with Gasteiger partial charge < -0.3 is 0 Å². The van der Waals surface area contributed by atoms with E-state index in [2.05, 4.69) is 5.10 Å². The second kappa shape index (κ2) is 7.24. The number of anilines is 1. The monoisotopic (exact) mass is 435 g/mol. The van der Waals surface area contributed by atoms with Gasteiger partial charge in [0.05, 0.1) is 29.8 Å². The van der Waals surface area contributed by atoms with Crippen molar-refractivity contribution >= 4 is 29.5 Å². The van der Waals surface area contributed by atoms with E-state index in [4.69, 9.17) is 0 Å². The fourth-order valence-corrected chi connectivity index (χ4v) is 5.39. The topological polar surface area (TPSA) is 70.1 Å². The zero-order chi connectivity index (χ0) is 22.7. The van der Waals surface area contributed by atoms with Crippen molar-refractivity contribution in [2.45, 2.75) is 19.0 Å². The lowest BCUT2D eigenvalue weighted by Crippen LogP contribution is -2.44. The molecule has 3 aliphatic heterocycles.